The van der Waals surface area contributed by atoms with Gasteiger partial charge in [0.25, 0.3) is 0 Å². The van der Waals surface area contributed by atoms with Crippen LogP contribution in [0.5, 0.6) is 11.5 Å². The molecule has 2 nitrogen and oxygen atoms in total. The molecule has 0 saturated heterocycles. The minimum atomic E-state index is 0.607. The molecule has 2 aromatic carbocycles. The summed E-state index contributed by atoms with van der Waals surface area (Å²) >= 11 is 12.0. The molecular formula is C16H14Cl2O2. The second-order valence-electron chi connectivity index (χ2n) is 4.11. The molecule has 104 valence electrons. The summed E-state index contributed by atoms with van der Waals surface area (Å²) in [6, 6.07) is 11.0. The molecule has 0 unspecified atom stereocenters. The average molecular weight is 309 g/mol. The SMILES string of the molecule is COc1ccc(OC)c(/C=C/c2ccc(Cl)cc2Cl)c1. The third-order valence-electron chi connectivity index (χ3n) is 2.84. The van der Waals surface area contributed by atoms with E-state index in [-0.39, 0.29) is 0 Å². The van der Waals surface area contributed by atoms with Crippen LogP contribution >= 0.6 is 23.2 Å². The Morgan fingerprint density at radius 1 is 0.850 bits per heavy atom. The Balaban J connectivity index is 2.34. The van der Waals surface area contributed by atoms with Crippen LogP contribution in [-0.4, -0.2) is 14.2 Å². The van der Waals surface area contributed by atoms with Gasteiger partial charge in [-0.15, -0.1) is 0 Å². The minimum Gasteiger partial charge on any atom is -0.497 e. The van der Waals surface area contributed by atoms with Crippen molar-refractivity contribution in [1.29, 1.82) is 0 Å². The Morgan fingerprint density at radius 3 is 2.25 bits per heavy atom. The Morgan fingerprint density at radius 2 is 1.60 bits per heavy atom. The number of rotatable bonds is 4. The van der Waals surface area contributed by atoms with E-state index in [9.17, 15) is 0 Å². The molecule has 0 aliphatic rings. The van der Waals surface area contributed by atoms with Crippen molar-refractivity contribution in [2.24, 2.45) is 0 Å². The molecule has 4 heteroatoms. The van der Waals surface area contributed by atoms with Gasteiger partial charge in [0.2, 0.25) is 0 Å². The second kappa shape index (κ2) is 6.69. The quantitative estimate of drug-likeness (QED) is 0.724. The number of methoxy groups -OCH3 is 2. The zero-order valence-corrected chi connectivity index (χ0v) is 12.7. The van der Waals surface area contributed by atoms with E-state index in [1.54, 1.807) is 26.4 Å². The molecule has 0 bridgehead atoms. The molecule has 0 amide bonds. The van der Waals surface area contributed by atoms with Gasteiger partial charge in [-0.05, 0) is 35.9 Å². The van der Waals surface area contributed by atoms with Gasteiger partial charge < -0.3 is 9.47 Å². The molecule has 20 heavy (non-hydrogen) atoms. The minimum absolute atomic E-state index is 0.607. The van der Waals surface area contributed by atoms with Crippen LogP contribution in [0.15, 0.2) is 36.4 Å². The van der Waals surface area contributed by atoms with Crippen molar-refractivity contribution < 1.29 is 9.47 Å². The lowest BCUT2D eigenvalue weighted by molar-refractivity contribution is 0.402. The van der Waals surface area contributed by atoms with E-state index in [1.807, 2.05) is 36.4 Å². The standard InChI is InChI=1S/C16H14Cl2O2/c1-19-14-7-8-16(20-2)12(9-14)4-3-11-5-6-13(17)10-15(11)18/h3-10H,1-2H3/b4-3+. The lowest BCUT2D eigenvalue weighted by atomic mass is 10.1. The Bertz CT molecular complexity index is 636. The van der Waals surface area contributed by atoms with Crippen molar-refractivity contribution in [2.75, 3.05) is 14.2 Å². The van der Waals surface area contributed by atoms with Crippen LogP contribution < -0.4 is 9.47 Å². The van der Waals surface area contributed by atoms with E-state index in [2.05, 4.69) is 0 Å². The average Bonchev–Trinajstić information content (AvgIpc) is 2.46. The summed E-state index contributed by atoms with van der Waals surface area (Å²) in [5, 5.41) is 1.22. The van der Waals surface area contributed by atoms with Crippen LogP contribution in [-0.2, 0) is 0 Å². The fourth-order valence-electron chi connectivity index (χ4n) is 1.79. The van der Waals surface area contributed by atoms with Crippen LogP contribution in [0.1, 0.15) is 11.1 Å². The summed E-state index contributed by atoms with van der Waals surface area (Å²) in [5.74, 6) is 1.54. The highest BCUT2D eigenvalue weighted by atomic mass is 35.5. The van der Waals surface area contributed by atoms with Crippen LogP contribution in [0.2, 0.25) is 10.0 Å². The molecule has 0 aliphatic carbocycles. The first kappa shape index (κ1) is 14.8. The van der Waals surface area contributed by atoms with Crippen molar-refractivity contribution in [3.8, 4) is 11.5 Å². The Labute approximate surface area is 128 Å². The summed E-state index contributed by atoms with van der Waals surface area (Å²) in [6.07, 6.45) is 3.84. The molecule has 0 saturated carbocycles. The van der Waals surface area contributed by atoms with Crippen LogP contribution in [0.4, 0.5) is 0 Å². The van der Waals surface area contributed by atoms with E-state index in [0.717, 1.165) is 22.6 Å². The van der Waals surface area contributed by atoms with Crippen molar-refractivity contribution >= 4 is 35.4 Å². The number of hydrogen-bond acceptors (Lipinski definition) is 2. The lowest BCUT2D eigenvalue weighted by Gasteiger charge is -2.07. The molecular weight excluding hydrogens is 295 g/mol. The first-order chi connectivity index (χ1) is 9.63. The molecule has 2 aromatic rings. The van der Waals surface area contributed by atoms with Gasteiger partial charge >= 0.3 is 0 Å². The highest BCUT2D eigenvalue weighted by Crippen LogP contribution is 2.27. The number of halogens is 2. The topological polar surface area (TPSA) is 18.5 Å². The highest BCUT2D eigenvalue weighted by Gasteiger charge is 2.03. The van der Waals surface area contributed by atoms with Crippen LogP contribution in [0, 0.1) is 0 Å². The molecule has 2 rings (SSSR count). The monoisotopic (exact) mass is 308 g/mol. The molecule has 0 N–H and O–H groups in total. The van der Waals surface area contributed by atoms with Gasteiger partial charge in [0.05, 0.1) is 14.2 Å². The van der Waals surface area contributed by atoms with Crippen LogP contribution in [0.3, 0.4) is 0 Å². The van der Waals surface area contributed by atoms with E-state index in [0.29, 0.717) is 10.0 Å². The maximum absolute atomic E-state index is 6.14. The van der Waals surface area contributed by atoms with Gasteiger partial charge in [-0.25, -0.2) is 0 Å². The van der Waals surface area contributed by atoms with E-state index in [4.69, 9.17) is 32.7 Å². The van der Waals surface area contributed by atoms with E-state index in [1.165, 1.54) is 0 Å². The fourth-order valence-corrected chi connectivity index (χ4v) is 2.26. The van der Waals surface area contributed by atoms with Crippen molar-refractivity contribution in [1.82, 2.24) is 0 Å². The molecule has 0 aliphatic heterocycles. The van der Waals surface area contributed by atoms with Gasteiger partial charge in [-0.3, -0.25) is 0 Å². The first-order valence-electron chi connectivity index (χ1n) is 5.99. The summed E-state index contributed by atoms with van der Waals surface area (Å²) < 4.78 is 10.5. The Kier molecular flexibility index (Phi) is 4.94. The summed E-state index contributed by atoms with van der Waals surface area (Å²) in [6.45, 7) is 0. The van der Waals surface area contributed by atoms with Crippen LogP contribution in [0.25, 0.3) is 12.2 Å². The molecule has 0 atom stereocenters. The maximum Gasteiger partial charge on any atom is 0.126 e. The van der Waals surface area contributed by atoms with Crippen molar-refractivity contribution in [2.45, 2.75) is 0 Å². The van der Waals surface area contributed by atoms with Gasteiger partial charge in [0.15, 0.2) is 0 Å². The summed E-state index contributed by atoms with van der Waals surface area (Å²) in [5.41, 5.74) is 1.80. The summed E-state index contributed by atoms with van der Waals surface area (Å²) in [4.78, 5) is 0. The third-order valence-corrected chi connectivity index (χ3v) is 3.40. The zero-order valence-electron chi connectivity index (χ0n) is 11.2. The summed E-state index contributed by atoms with van der Waals surface area (Å²) in [7, 11) is 3.26. The lowest BCUT2D eigenvalue weighted by Crippen LogP contribution is -1.89. The molecule has 0 radical (unpaired) electrons. The Hall–Kier alpha value is -1.64. The highest BCUT2D eigenvalue weighted by molar-refractivity contribution is 6.35. The molecule has 0 spiro atoms. The predicted molar refractivity (Wildman–Crippen MR) is 84.9 cm³/mol. The maximum atomic E-state index is 6.14. The van der Waals surface area contributed by atoms with Gasteiger partial charge in [-0.1, -0.05) is 41.4 Å². The van der Waals surface area contributed by atoms with E-state index >= 15 is 0 Å². The van der Waals surface area contributed by atoms with Crippen molar-refractivity contribution in [3.63, 3.8) is 0 Å². The smallest absolute Gasteiger partial charge is 0.126 e. The number of benzene rings is 2. The number of hydrogen-bond donors (Lipinski definition) is 0. The van der Waals surface area contributed by atoms with E-state index < -0.39 is 0 Å². The second-order valence-corrected chi connectivity index (χ2v) is 4.95. The fraction of sp³-hybridized carbons (Fsp3) is 0.125. The molecule has 0 heterocycles. The predicted octanol–water partition coefficient (Wildman–Crippen LogP) is 5.18. The molecule has 0 fully saturated rings. The number of ether oxygens (including phenoxy) is 2. The zero-order chi connectivity index (χ0) is 14.5. The van der Waals surface area contributed by atoms with Crippen molar-refractivity contribution in [3.05, 3.63) is 57.6 Å². The van der Waals surface area contributed by atoms with Gasteiger partial charge in [0, 0.05) is 15.6 Å². The first-order valence-corrected chi connectivity index (χ1v) is 6.75. The molecule has 0 aromatic heterocycles. The van der Waals surface area contributed by atoms with Gasteiger partial charge in [0.1, 0.15) is 11.5 Å². The van der Waals surface area contributed by atoms with Gasteiger partial charge in [-0.2, -0.15) is 0 Å². The normalized spacial score (nSPS) is 10.8. The third kappa shape index (κ3) is 3.47. The largest absolute Gasteiger partial charge is 0.497 e.